The molecule has 0 fully saturated rings. The second-order valence-electron chi connectivity index (χ2n) is 7.66. The molecule has 0 spiro atoms. The number of carbonyl (C=O) groups excluding carboxylic acids is 1. The lowest BCUT2D eigenvalue weighted by atomic mass is 9.99. The SMILES string of the molecule is Cc1ccc(NC(=O)c2cc(-c3ccc(C)cc3C)nc3ccccc23)c(C)c1. The van der Waals surface area contributed by atoms with Gasteiger partial charge in [-0.25, -0.2) is 4.98 Å². The molecule has 0 saturated carbocycles. The van der Waals surface area contributed by atoms with E-state index in [0.29, 0.717) is 5.56 Å². The van der Waals surface area contributed by atoms with Gasteiger partial charge in [0.2, 0.25) is 0 Å². The zero-order chi connectivity index (χ0) is 20.5. The van der Waals surface area contributed by atoms with E-state index in [1.54, 1.807) is 0 Å². The first kappa shape index (κ1) is 18.9. The molecule has 144 valence electrons. The number of rotatable bonds is 3. The number of hydrogen-bond acceptors (Lipinski definition) is 2. The fourth-order valence-electron chi connectivity index (χ4n) is 3.75. The first-order chi connectivity index (χ1) is 13.9. The number of nitrogens with zero attached hydrogens (tertiary/aromatic N) is 1. The van der Waals surface area contributed by atoms with Crippen molar-refractivity contribution >= 4 is 22.5 Å². The highest BCUT2D eigenvalue weighted by molar-refractivity contribution is 6.13. The monoisotopic (exact) mass is 380 g/mol. The number of anilines is 1. The Labute approximate surface area is 171 Å². The van der Waals surface area contributed by atoms with Crippen molar-refractivity contribution in [2.75, 3.05) is 5.32 Å². The average molecular weight is 380 g/mol. The van der Waals surface area contributed by atoms with Crippen LogP contribution in [0.3, 0.4) is 0 Å². The van der Waals surface area contributed by atoms with Crippen molar-refractivity contribution < 1.29 is 4.79 Å². The normalized spacial score (nSPS) is 10.9. The molecule has 1 N–H and O–H groups in total. The van der Waals surface area contributed by atoms with E-state index in [9.17, 15) is 4.79 Å². The minimum atomic E-state index is -0.124. The van der Waals surface area contributed by atoms with E-state index in [1.165, 1.54) is 11.1 Å². The summed E-state index contributed by atoms with van der Waals surface area (Å²) >= 11 is 0. The van der Waals surface area contributed by atoms with Crippen LogP contribution in [0.15, 0.2) is 66.7 Å². The molecule has 1 amide bonds. The molecular formula is C26H24N2O. The third-order valence-corrected chi connectivity index (χ3v) is 5.25. The molecule has 29 heavy (non-hydrogen) atoms. The summed E-state index contributed by atoms with van der Waals surface area (Å²) in [5.74, 6) is -0.124. The molecule has 0 saturated heterocycles. The van der Waals surface area contributed by atoms with Crippen LogP contribution >= 0.6 is 0 Å². The Balaban J connectivity index is 1.83. The number of para-hydroxylation sites is 1. The predicted octanol–water partition coefficient (Wildman–Crippen LogP) is 6.39. The Morgan fingerprint density at radius 2 is 1.48 bits per heavy atom. The van der Waals surface area contributed by atoms with Crippen LogP contribution < -0.4 is 5.32 Å². The number of fused-ring (bicyclic) bond motifs is 1. The van der Waals surface area contributed by atoms with Gasteiger partial charge in [0.25, 0.3) is 5.91 Å². The first-order valence-electron chi connectivity index (χ1n) is 9.78. The summed E-state index contributed by atoms with van der Waals surface area (Å²) in [6.45, 7) is 8.21. The van der Waals surface area contributed by atoms with E-state index >= 15 is 0 Å². The zero-order valence-electron chi connectivity index (χ0n) is 17.2. The van der Waals surface area contributed by atoms with Crippen LogP contribution in [0.1, 0.15) is 32.6 Å². The molecular weight excluding hydrogens is 356 g/mol. The lowest BCUT2D eigenvalue weighted by molar-refractivity contribution is 0.102. The molecule has 3 heteroatoms. The van der Waals surface area contributed by atoms with Gasteiger partial charge in [-0.2, -0.15) is 0 Å². The van der Waals surface area contributed by atoms with E-state index < -0.39 is 0 Å². The molecule has 0 atom stereocenters. The van der Waals surface area contributed by atoms with Crippen LogP contribution in [0.4, 0.5) is 5.69 Å². The second-order valence-corrected chi connectivity index (χ2v) is 7.66. The van der Waals surface area contributed by atoms with Crippen LogP contribution in [0.5, 0.6) is 0 Å². The summed E-state index contributed by atoms with van der Waals surface area (Å²) in [6.07, 6.45) is 0. The van der Waals surface area contributed by atoms with Gasteiger partial charge in [0, 0.05) is 16.6 Å². The molecule has 4 rings (SSSR count). The lowest BCUT2D eigenvalue weighted by Gasteiger charge is -2.13. The highest BCUT2D eigenvalue weighted by atomic mass is 16.1. The summed E-state index contributed by atoms with van der Waals surface area (Å²) in [4.78, 5) is 18.1. The Morgan fingerprint density at radius 1 is 0.793 bits per heavy atom. The molecule has 3 nitrogen and oxygen atoms in total. The molecule has 0 unspecified atom stereocenters. The maximum Gasteiger partial charge on any atom is 0.256 e. The van der Waals surface area contributed by atoms with Gasteiger partial charge in [0.1, 0.15) is 0 Å². The Morgan fingerprint density at radius 3 is 2.21 bits per heavy atom. The maximum atomic E-state index is 13.2. The van der Waals surface area contributed by atoms with E-state index in [-0.39, 0.29) is 5.91 Å². The van der Waals surface area contributed by atoms with Gasteiger partial charge >= 0.3 is 0 Å². The fraction of sp³-hybridized carbons (Fsp3) is 0.154. The molecule has 0 radical (unpaired) electrons. The van der Waals surface area contributed by atoms with Crippen LogP contribution in [0.25, 0.3) is 22.2 Å². The standard InChI is InChI=1S/C26H24N2O/c1-16-9-11-20(18(3)13-16)25-15-22(21-7-5-6-8-24(21)27-25)26(29)28-23-12-10-17(2)14-19(23)4/h5-15H,1-4H3,(H,28,29). The Kier molecular flexibility index (Phi) is 4.89. The van der Waals surface area contributed by atoms with Crippen molar-refractivity contribution in [2.45, 2.75) is 27.7 Å². The van der Waals surface area contributed by atoms with Gasteiger partial charge in [-0.1, -0.05) is 59.7 Å². The summed E-state index contributed by atoms with van der Waals surface area (Å²) in [7, 11) is 0. The summed E-state index contributed by atoms with van der Waals surface area (Å²) in [6, 6.07) is 22.0. The Bertz CT molecular complexity index is 1240. The van der Waals surface area contributed by atoms with E-state index in [4.69, 9.17) is 4.98 Å². The smallest absolute Gasteiger partial charge is 0.256 e. The molecule has 4 aromatic rings. The van der Waals surface area contributed by atoms with E-state index in [2.05, 4.69) is 43.4 Å². The van der Waals surface area contributed by atoms with E-state index in [1.807, 2.05) is 56.3 Å². The van der Waals surface area contributed by atoms with Gasteiger partial charge in [-0.05, 0) is 57.0 Å². The average Bonchev–Trinajstić information content (AvgIpc) is 2.69. The predicted molar refractivity (Wildman–Crippen MR) is 121 cm³/mol. The molecule has 3 aromatic carbocycles. The highest BCUT2D eigenvalue weighted by Gasteiger charge is 2.16. The molecule has 1 aromatic heterocycles. The van der Waals surface area contributed by atoms with Gasteiger partial charge in [0.05, 0.1) is 16.8 Å². The highest BCUT2D eigenvalue weighted by Crippen LogP contribution is 2.28. The topological polar surface area (TPSA) is 42.0 Å². The minimum Gasteiger partial charge on any atom is -0.322 e. The van der Waals surface area contributed by atoms with Gasteiger partial charge in [0.15, 0.2) is 0 Å². The third-order valence-electron chi connectivity index (χ3n) is 5.25. The van der Waals surface area contributed by atoms with Gasteiger partial charge < -0.3 is 5.32 Å². The summed E-state index contributed by atoms with van der Waals surface area (Å²) < 4.78 is 0. The number of benzene rings is 3. The van der Waals surface area contributed by atoms with Crippen molar-refractivity contribution in [1.29, 1.82) is 0 Å². The summed E-state index contributed by atoms with van der Waals surface area (Å²) in [5, 5.41) is 3.93. The van der Waals surface area contributed by atoms with Crippen molar-refractivity contribution in [3.8, 4) is 11.3 Å². The van der Waals surface area contributed by atoms with Crippen LogP contribution in [0, 0.1) is 27.7 Å². The lowest BCUT2D eigenvalue weighted by Crippen LogP contribution is -2.14. The number of hydrogen-bond donors (Lipinski definition) is 1. The quantitative estimate of drug-likeness (QED) is 0.447. The second kappa shape index (κ2) is 7.51. The number of carbonyl (C=O) groups is 1. The number of aromatic nitrogens is 1. The number of aryl methyl sites for hydroxylation is 4. The van der Waals surface area contributed by atoms with Crippen LogP contribution in [-0.4, -0.2) is 10.9 Å². The number of nitrogens with one attached hydrogen (secondary N) is 1. The number of amides is 1. The summed E-state index contributed by atoms with van der Waals surface area (Å²) in [5.41, 5.74) is 8.71. The van der Waals surface area contributed by atoms with E-state index in [0.717, 1.165) is 39.0 Å². The fourth-order valence-corrected chi connectivity index (χ4v) is 3.75. The van der Waals surface area contributed by atoms with Crippen molar-refractivity contribution in [3.05, 3.63) is 94.5 Å². The first-order valence-corrected chi connectivity index (χ1v) is 9.78. The maximum absolute atomic E-state index is 13.2. The van der Waals surface area contributed by atoms with Gasteiger partial charge in [-0.3, -0.25) is 4.79 Å². The van der Waals surface area contributed by atoms with Crippen molar-refractivity contribution in [1.82, 2.24) is 4.98 Å². The minimum absolute atomic E-state index is 0.124. The number of pyridine rings is 1. The van der Waals surface area contributed by atoms with Crippen molar-refractivity contribution in [3.63, 3.8) is 0 Å². The van der Waals surface area contributed by atoms with Crippen LogP contribution in [0.2, 0.25) is 0 Å². The molecule has 1 heterocycles. The van der Waals surface area contributed by atoms with Crippen molar-refractivity contribution in [2.24, 2.45) is 0 Å². The largest absolute Gasteiger partial charge is 0.322 e. The third kappa shape index (κ3) is 3.77. The molecule has 0 bridgehead atoms. The van der Waals surface area contributed by atoms with Gasteiger partial charge in [-0.15, -0.1) is 0 Å². The molecule has 0 aliphatic heterocycles. The van der Waals surface area contributed by atoms with Crippen LogP contribution in [-0.2, 0) is 0 Å². The molecule has 0 aliphatic rings. The Hall–Kier alpha value is -3.46. The molecule has 0 aliphatic carbocycles. The zero-order valence-corrected chi connectivity index (χ0v) is 17.2.